The van der Waals surface area contributed by atoms with Crippen LogP contribution in [0.25, 0.3) is 11.1 Å². The third-order valence-corrected chi connectivity index (χ3v) is 5.40. The van der Waals surface area contributed by atoms with Crippen molar-refractivity contribution in [1.82, 2.24) is 10.2 Å². The topological polar surface area (TPSA) is 65.4 Å². The normalized spacial score (nSPS) is 19.2. The van der Waals surface area contributed by atoms with Crippen molar-refractivity contribution in [3.63, 3.8) is 0 Å². The lowest BCUT2D eigenvalue weighted by Crippen LogP contribution is -2.52. The third kappa shape index (κ3) is 2.99. The number of hydrogen-bond donors (Lipinski definition) is 1. The van der Waals surface area contributed by atoms with Crippen LogP contribution >= 0.6 is 0 Å². The number of halogens is 1. The summed E-state index contributed by atoms with van der Waals surface area (Å²) in [6.45, 7) is 5.75. The Morgan fingerprint density at radius 3 is 3.04 bits per heavy atom. The summed E-state index contributed by atoms with van der Waals surface area (Å²) < 4.78 is 20.8. The predicted molar refractivity (Wildman–Crippen MR) is 99.2 cm³/mol. The van der Waals surface area contributed by atoms with E-state index in [4.69, 9.17) is 4.74 Å². The van der Waals surface area contributed by atoms with Crippen molar-refractivity contribution in [2.45, 2.75) is 19.5 Å². The van der Waals surface area contributed by atoms with E-state index >= 15 is 0 Å². The molecule has 1 atom stereocenters. The van der Waals surface area contributed by atoms with Gasteiger partial charge in [-0.25, -0.2) is 4.39 Å². The van der Waals surface area contributed by atoms with Gasteiger partial charge in [-0.05, 0) is 19.1 Å². The Kier molecular flexibility index (Phi) is 4.65. The van der Waals surface area contributed by atoms with Crippen LogP contribution < -0.4 is 10.1 Å². The minimum absolute atomic E-state index is 0.164. The smallest absolute Gasteiger partial charge is 0.150 e. The maximum Gasteiger partial charge on any atom is 0.150 e. The SMILES string of the molecule is Cc1c2c(cc(C#N)c1-c1c(F)cccc1C=O)CN1CCNC[C@@H]1CO2. The van der Waals surface area contributed by atoms with Gasteiger partial charge in [-0.15, -0.1) is 0 Å². The maximum atomic E-state index is 14.6. The van der Waals surface area contributed by atoms with E-state index in [9.17, 15) is 14.4 Å². The van der Waals surface area contributed by atoms with Gasteiger partial charge in [0.05, 0.1) is 17.7 Å². The van der Waals surface area contributed by atoms with Gasteiger partial charge >= 0.3 is 0 Å². The van der Waals surface area contributed by atoms with Crippen LogP contribution in [0.3, 0.4) is 0 Å². The minimum atomic E-state index is -0.519. The molecule has 0 aromatic heterocycles. The van der Waals surface area contributed by atoms with Crippen LogP contribution in [0, 0.1) is 24.1 Å². The number of nitrogens with one attached hydrogen (secondary N) is 1. The second-order valence-electron chi connectivity index (χ2n) is 6.99. The van der Waals surface area contributed by atoms with Gasteiger partial charge in [0.1, 0.15) is 18.2 Å². The monoisotopic (exact) mass is 365 g/mol. The number of ether oxygens (including phenoxy) is 1. The summed E-state index contributed by atoms with van der Waals surface area (Å²) in [7, 11) is 0. The summed E-state index contributed by atoms with van der Waals surface area (Å²) >= 11 is 0. The van der Waals surface area contributed by atoms with E-state index in [2.05, 4.69) is 16.3 Å². The second-order valence-corrected chi connectivity index (χ2v) is 6.99. The molecule has 1 fully saturated rings. The molecule has 138 valence electrons. The number of aldehydes is 1. The summed E-state index contributed by atoms with van der Waals surface area (Å²) in [6.07, 6.45) is 0.622. The summed E-state index contributed by atoms with van der Waals surface area (Å²) in [5.41, 5.74) is 2.82. The molecule has 0 aliphatic carbocycles. The first-order valence-electron chi connectivity index (χ1n) is 9.02. The van der Waals surface area contributed by atoms with Gasteiger partial charge in [-0.2, -0.15) is 5.26 Å². The number of carbonyl (C=O) groups excluding carboxylic acids is 1. The summed E-state index contributed by atoms with van der Waals surface area (Å²) in [5.74, 6) is 0.174. The van der Waals surface area contributed by atoms with Crippen LogP contribution in [0.5, 0.6) is 5.75 Å². The molecule has 2 aromatic carbocycles. The number of benzene rings is 2. The van der Waals surface area contributed by atoms with Crippen molar-refractivity contribution in [2.24, 2.45) is 0 Å². The zero-order valence-corrected chi connectivity index (χ0v) is 15.1. The zero-order valence-electron chi connectivity index (χ0n) is 15.1. The summed E-state index contributed by atoms with van der Waals surface area (Å²) in [5, 5.41) is 13.1. The molecule has 0 bridgehead atoms. The minimum Gasteiger partial charge on any atom is -0.491 e. The lowest BCUT2D eigenvalue weighted by atomic mass is 9.89. The summed E-state index contributed by atoms with van der Waals surface area (Å²) in [6, 6.07) is 8.59. The van der Waals surface area contributed by atoms with Gasteiger partial charge in [0.25, 0.3) is 0 Å². The van der Waals surface area contributed by atoms with Gasteiger partial charge in [0, 0.05) is 54.0 Å². The molecule has 2 aromatic rings. The van der Waals surface area contributed by atoms with E-state index in [0.717, 1.165) is 25.2 Å². The van der Waals surface area contributed by atoms with E-state index in [0.29, 0.717) is 41.9 Å². The van der Waals surface area contributed by atoms with Gasteiger partial charge < -0.3 is 10.1 Å². The molecule has 27 heavy (non-hydrogen) atoms. The molecule has 2 aliphatic rings. The molecule has 0 spiro atoms. The Morgan fingerprint density at radius 2 is 2.26 bits per heavy atom. The van der Waals surface area contributed by atoms with Crippen molar-refractivity contribution in [2.75, 3.05) is 26.2 Å². The van der Waals surface area contributed by atoms with E-state index in [1.165, 1.54) is 12.1 Å². The van der Waals surface area contributed by atoms with Crippen LogP contribution in [0.4, 0.5) is 4.39 Å². The fraction of sp³-hybridized carbons (Fsp3) is 0.333. The highest BCUT2D eigenvalue weighted by Gasteiger charge is 2.30. The van der Waals surface area contributed by atoms with Crippen molar-refractivity contribution in [1.29, 1.82) is 5.26 Å². The highest BCUT2D eigenvalue weighted by Crippen LogP contribution is 2.40. The molecular weight excluding hydrogens is 345 g/mol. The molecule has 2 aliphatic heterocycles. The highest BCUT2D eigenvalue weighted by molar-refractivity contribution is 5.91. The number of hydrogen-bond acceptors (Lipinski definition) is 5. The van der Waals surface area contributed by atoms with Gasteiger partial charge in [-0.3, -0.25) is 9.69 Å². The first kappa shape index (κ1) is 17.7. The highest BCUT2D eigenvalue weighted by atomic mass is 19.1. The maximum absolute atomic E-state index is 14.6. The average Bonchev–Trinajstić information content (AvgIpc) is 2.87. The number of nitrogens with zero attached hydrogens (tertiary/aromatic N) is 2. The van der Waals surface area contributed by atoms with Crippen molar-refractivity contribution >= 4 is 6.29 Å². The second kappa shape index (κ2) is 7.10. The van der Waals surface area contributed by atoms with Crippen molar-refractivity contribution in [3.8, 4) is 22.9 Å². The first-order valence-corrected chi connectivity index (χ1v) is 9.02. The molecule has 4 rings (SSSR count). The van der Waals surface area contributed by atoms with Crippen LogP contribution in [-0.2, 0) is 6.54 Å². The average molecular weight is 365 g/mol. The van der Waals surface area contributed by atoms with Crippen LogP contribution in [0.2, 0.25) is 0 Å². The quantitative estimate of drug-likeness (QED) is 0.829. The van der Waals surface area contributed by atoms with Gasteiger partial charge in [0.2, 0.25) is 0 Å². The van der Waals surface area contributed by atoms with Crippen LogP contribution in [-0.4, -0.2) is 43.5 Å². The predicted octanol–water partition coefficient (Wildman–Crippen LogP) is 2.65. The number of rotatable bonds is 2. The molecule has 5 nitrogen and oxygen atoms in total. The molecule has 6 heteroatoms. The lowest BCUT2D eigenvalue weighted by molar-refractivity contribution is 0.112. The Balaban J connectivity index is 1.91. The Bertz CT molecular complexity index is 951. The number of nitriles is 1. The van der Waals surface area contributed by atoms with Crippen molar-refractivity contribution in [3.05, 3.63) is 52.3 Å². The molecule has 0 saturated carbocycles. The molecule has 1 N–H and O–H groups in total. The molecule has 0 unspecified atom stereocenters. The molecule has 2 heterocycles. The largest absolute Gasteiger partial charge is 0.491 e. The number of carbonyl (C=O) groups is 1. The first-order chi connectivity index (χ1) is 13.1. The van der Waals surface area contributed by atoms with E-state index in [-0.39, 0.29) is 17.2 Å². The molecule has 0 radical (unpaired) electrons. The van der Waals surface area contributed by atoms with Crippen LogP contribution in [0.15, 0.2) is 24.3 Å². The Labute approximate surface area is 157 Å². The fourth-order valence-corrected chi connectivity index (χ4v) is 4.07. The Morgan fingerprint density at radius 1 is 1.41 bits per heavy atom. The Hall–Kier alpha value is -2.75. The standard InChI is InChI=1S/C21H20FN3O2/c1-13-19(20-14(11-26)3-2-4-18(20)22)15(8-23)7-16-10-25-6-5-24-9-17(25)12-27-21(13)16/h2-4,7,11,17,24H,5-6,9-10,12H2,1H3/t17-/m1/s1. The lowest BCUT2D eigenvalue weighted by Gasteiger charge is -2.33. The number of fused-ring (bicyclic) bond motifs is 2. The third-order valence-electron chi connectivity index (χ3n) is 5.40. The zero-order chi connectivity index (χ0) is 19.0. The van der Waals surface area contributed by atoms with E-state index in [1.54, 1.807) is 12.1 Å². The number of piperazine rings is 1. The van der Waals surface area contributed by atoms with Gasteiger partial charge in [0.15, 0.2) is 6.29 Å². The summed E-state index contributed by atoms with van der Waals surface area (Å²) in [4.78, 5) is 13.8. The van der Waals surface area contributed by atoms with E-state index in [1.807, 2.05) is 6.92 Å². The van der Waals surface area contributed by atoms with Crippen LogP contribution in [0.1, 0.15) is 27.0 Å². The molecule has 0 amide bonds. The fourth-order valence-electron chi connectivity index (χ4n) is 4.07. The van der Waals surface area contributed by atoms with E-state index < -0.39 is 5.82 Å². The molecular formula is C21H20FN3O2. The van der Waals surface area contributed by atoms with Crippen molar-refractivity contribution < 1.29 is 13.9 Å². The molecule has 1 saturated heterocycles. The van der Waals surface area contributed by atoms with Gasteiger partial charge in [-0.1, -0.05) is 12.1 Å².